The normalized spacial score (nSPS) is 14.9. The molecule has 0 amide bonds. The number of esters is 1. The van der Waals surface area contributed by atoms with E-state index in [0.29, 0.717) is 16.7 Å². The molecule has 1 atom stereocenters. The molecule has 1 aliphatic rings. The summed E-state index contributed by atoms with van der Waals surface area (Å²) in [5.41, 5.74) is 0.350. The van der Waals surface area contributed by atoms with Crippen molar-refractivity contribution in [2.45, 2.75) is 12.3 Å². The van der Waals surface area contributed by atoms with Crippen LogP contribution in [0.4, 0.5) is 5.69 Å². The number of benzene rings is 3. The van der Waals surface area contributed by atoms with Crippen molar-refractivity contribution >= 4 is 22.6 Å². The van der Waals surface area contributed by atoms with E-state index in [1.54, 1.807) is 12.1 Å². The van der Waals surface area contributed by atoms with Gasteiger partial charge in [-0.25, -0.2) is 0 Å². The predicted molar refractivity (Wildman–Crippen MR) is 123 cm³/mol. The van der Waals surface area contributed by atoms with E-state index in [0.717, 1.165) is 6.07 Å². The van der Waals surface area contributed by atoms with Gasteiger partial charge in [0.05, 0.1) is 18.5 Å². The van der Waals surface area contributed by atoms with Gasteiger partial charge < -0.3 is 24.1 Å². The molecule has 0 unspecified atom stereocenters. The molecule has 4 aromatic rings. The molecule has 0 radical (unpaired) electrons. The number of fused-ring (bicyclic) bond motifs is 3. The zero-order chi connectivity index (χ0) is 24.9. The van der Waals surface area contributed by atoms with E-state index in [-0.39, 0.29) is 46.1 Å². The standard InChI is InChI=1S/C25H17NO9/c1-33-19-6-5-13(8-16(19)27)20-10-17(28)24-18(29)11-21-23(25(24)35-20)15(9-22(30)34-21)12-3-2-4-14(7-12)26(31)32/h2-8,10-11,15,27,29H,9H2,1H3/t15-/m0/s1. The number of hydrogen-bond acceptors (Lipinski definition) is 9. The molecule has 3 aromatic carbocycles. The predicted octanol–water partition coefficient (Wildman–Crippen LogP) is 4.23. The highest BCUT2D eigenvalue weighted by molar-refractivity contribution is 5.93. The number of methoxy groups -OCH3 is 1. The van der Waals surface area contributed by atoms with Crippen LogP contribution >= 0.6 is 0 Å². The lowest BCUT2D eigenvalue weighted by molar-refractivity contribution is -0.384. The summed E-state index contributed by atoms with van der Waals surface area (Å²) < 4.78 is 16.4. The van der Waals surface area contributed by atoms with Crippen LogP contribution in [0.2, 0.25) is 0 Å². The Hall–Kier alpha value is -4.86. The average molecular weight is 475 g/mol. The Morgan fingerprint density at radius 1 is 1.06 bits per heavy atom. The molecule has 0 spiro atoms. The zero-order valence-corrected chi connectivity index (χ0v) is 18.2. The Kier molecular flexibility index (Phi) is 5.13. The lowest BCUT2D eigenvalue weighted by Gasteiger charge is -2.26. The number of ether oxygens (including phenoxy) is 2. The van der Waals surface area contributed by atoms with E-state index < -0.39 is 28.0 Å². The Bertz CT molecular complexity index is 1590. The number of phenolic OH excluding ortho intramolecular Hbond substituents is 2. The number of hydrogen-bond donors (Lipinski definition) is 2. The van der Waals surface area contributed by atoms with Crippen molar-refractivity contribution in [3.8, 4) is 34.3 Å². The number of non-ortho nitro benzene ring substituents is 1. The Labute approximate surface area is 196 Å². The molecule has 2 heterocycles. The van der Waals surface area contributed by atoms with Crippen LogP contribution < -0.4 is 14.9 Å². The number of nitrogens with zero attached hydrogens (tertiary/aromatic N) is 1. The molecule has 0 fully saturated rings. The first kappa shape index (κ1) is 22.0. The number of nitro benzene ring substituents is 1. The van der Waals surface area contributed by atoms with Crippen molar-refractivity contribution in [1.82, 2.24) is 0 Å². The Balaban J connectivity index is 1.79. The molecular weight excluding hydrogens is 458 g/mol. The van der Waals surface area contributed by atoms with E-state index in [9.17, 15) is 29.9 Å². The van der Waals surface area contributed by atoms with Gasteiger partial charge in [-0.15, -0.1) is 0 Å². The molecule has 2 N–H and O–H groups in total. The van der Waals surface area contributed by atoms with Crippen LogP contribution in [0.3, 0.4) is 0 Å². The number of phenols is 2. The molecule has 0 saturated heterocycles. The second-order valence-electron chi connectivity index (χ2n) is 7.96. The Morgan fingerprint density at radius 3 is 2.57 bits per heavy atom. The molecule has 10 heteroatoms. The topological polar surface area (TPSA) is 149 Å². The summed E-state index contributed by atoms with van der Waals surface area (Å²) in [6.45, 7) is 0. The van der Waals surface area contributed by atoms with Crippen LogP contribution in [0.15, 0.2) is 63.8 Å². The maximum absolute atomic E-state index is 13.0. The van der Waals surface area contributed by atoms with Crippen molar-refractivity contribution in [2.24, 2.45) is 0 Å². The molecule has 0 saturated carbocycles. The minimum atomic E-state index is -0.739. The highest BCUT2D eigenvalue weighted by Gasteiger charge is 2.34. The van der Waals surface area contributed by atoms with Crippen LogP contribution in [0, 0.1) is 10.1 Å². The van der Waals surface area contributed by atoms with E-state index in [2.05, 4.69) is 0 Å². The maximum Gasteiger partial charge on any atom is 0.312 e. The van der Waals surface area contributed by atoms with Gasteiger partial charge in [-0.2, -0.15) is 0 Å². The van der Waals surface area contributed by atoms with Crippen molar-refractivity contribution in [3.63, 3.8) is 0 Å². The highest BCUT2D eigenvalue weighted by atomic mass is 16.6. The molecular formula is C25H17NO9. The van der Waals surface area contributed by atoms with E-state index in [1.807, 2.05) is 0 Å². The summed E-state index contributed by atoms with van der Waals surface area (Å²) in [5, 5.41) is 31.9. The Morgan fingerprint density at radius 2 is 1.86 bits per heavy atom. The second-order valence-corrected chi connectivity index (χ2v) is 7.96. The summed E-state index contributed by atoms with van der Waals surface area (Å²) in [6.07, 6.45) is -0.161. The number of nitro groups is 1. The SMILES string of the molecule is COc1ccc(-c2cc(=O)c3c(O)cc4c(c3o2)[C@H](c2cccc([N+](=O)[O-])c2)CC(=O)O4)cc1O. The molecule has 176 valence electrons. The van der Waals surface area contributed by atoms with Gasteiger partial charge in [0.15, 0.2) is 16.9 Å². The molecule has 10 nitrogen and oxygen atoms in total. The number of carbonyl (C=O) groups excluding carboxylic acids is 1. The average Bonchev–Trinajstić information content (AvgIpc) is 2.83. The second kappa shape index (κ2) is 8.17. The van der Waals surface area contributed by atoms with Crippen LogP contribution in [0.25, 0.3) is 22.3 Å². The van der Waals surface area contributed by atoms with Crippen molar-refractivity contribution in [3.05, 3.63) is 86.1 Å². The quantitative estimate of drug-likeness (QED) is 0.191. The molecule has 35 heavy (non-hydrogen) atoms. The van der Waals surface area contributed by atoms with E-state index in [4.69, 9.17) is 13.9 Å². The first-order chi connectivity index (χ1) is 16.8. The summed E-state index contributed by atoms with van der Waals surface area (Å²) >= 11 is 0. The highest BCUT2D eigenvalue weighted by Crippen LogP contribution is 2.46. The van der Waals surface area contributed by atoms with Crippen molar-refractivity contribution in [2.75, 3.05) is 7.11 Å². The van der Waals surface area contributed by atoms with Gasteiger partial charge >= 0.3 is 5.97 Å². The third kappa shape index (κ3) is 3.70. The van der Waals surface area contributed by atoms with E-state index in [1.165, 1.54) is 43.5 Å². The fraction of sp³-hybridized carbons (Fsp3) is 0.120. The zero-order valence-electron chi connectivity index (χ0n) is 18.2. The lowest BCUT2D eigenvalue weighted by atomic mass is 9.85. The third-order valence-electron chi connectivity index (χ3n) is 5.87. The largest absolute Gasteiger partial charge is 0.507 e. The van der Waals surface area contributed by atoms with Gasteiger partial charge in [0.25, 0.3) is 5.69 Å². The molecule has 1 aromatic heterocycles. The van der Waals surface area contributed by atoms with Crippen LogP contribution in [-0.4, -0.2) is 28.2 Å². The smallest absolute Gasteiger partial charge is 0.312 e. The number of aromatic hydroxyl groups is 2. The van der Waals surface area contributed by atoms with Crippen LogP contribution in [0.1, 0.15) is 23.5 Å². The van der Waals surface area contributed by atoms with Gasteiger partial charge in [-0.1, -0.05) is 12.1 Å². The monoisotopic (exact) mass is 475 g/mol. The molecule has 0 aliphatic carbocycles. The van der Waals surface area contributed by atoms with Crippen molar-refractivity contribution in [1.29, 1.82) is 0 Å². The van der Waals surface area contributed by atoms with E-state index >= 15 is 0 Å². The van der Waals surface area contributed by atoms with Crippen LogP contribution in [-0.2, 0) is 4.79 Å². The molecule has 5 rings (SSSR count). The van der Waals surface area contributed by atoms with Gasteiger partial charge in [0.1, 0.15) is 28.2 Å². The lowest BCUT2D eigenvalue weighted by Crippen LogP contribution is -2.22. The summed E-state index contributed by atoms with van der Waals surface area (Å²) in [5.74, 6) is -1.66. The summed E-state index contributed by atoms with van der Waals surface area (Å²) in [7, 11) is 1.40. The van der Waals surface area contributed by atoms with Gasteiger partial charge in [0, 0.05) is 41.3 Å². The molecule has 0 bridgehead atoms. The first-order valence-electron chi connectivity index (χ1n) is 10.4. The maximum atomic E-state index is 13.0. The van der Waals surface area contributed by atoms with Crippen molar-refractivity contribution < 1.29 is 33.8 Å². The number of carbonyl (C=O) groups is 1. The van der Waals surface area contributed by atoms with Gasteiger partial charge in [-0.3, -0.25) is 19.7 Å². The number of rotatable bonds is 4. The van der Waals surface area contributed by atoms with Gasteiger partial charge in [-0.05, 0) is 23.8 Å². The fourth-order valence-corrected chi connectivity index (χ4v) is 4.28. The third-order valence-corrected chi connectivity index (χ3v) is 5.87. The summed E-state index contributed by atoms with van der Waals surface area (Å²) in [4.78, 5) is 36.2. The minimum Gasteiger partial charge on any atom is -0.507 e. The summed E-state index contributed by atoms with van der Waals surface area (Å²) in [6, 6.07) is 12.6. The van der Waals surface area contributed by atoms with Gasteiger partial charge in [0.2, 0.25) is 0 Å². The molecule has 1 aliphatic heterocycles. The van der Waals surface area contributed by atoms with Crippen LogP contribution in [0.5, 0.6) is 23.0 Å². The minimum absolute atomic E-state index is 0.0133. The fourth-order valence-electron chi connectivity index (χ4n) is 4.28. The first-order valence-corrected chi connectivity index (χ1v) is 10.4.